The van der Waals surface area contributed by atoms with Crippen LogP contribution in [-0.4, -0.2) is 5.12 Å². The van der Waals surface area contributed by atoms with Crippen molar-refractivity contribution in [1.29, 1.82) is 0 Å². The lowest BCUT2D eigenvalue weighted by atomic mass is 10.5. The van der Waals surface area contributed by atoms with E-state index in [0.29, 0.717) is 0 Å². The summed E-state index contributed by atoms with van der Waals surface area (Å²) in [6.45, 7) is 1.72. The van der Waals surface area contributed by atoms with Crippen LogP contribution in [0.3, 0.4) is 0 Å². The molecule has 0 fully saturated rings. The number of hydrogen-bond acceptors (Lipinski definition) is 0. The summed E-state index contributed by atoms with van der Waals surface area (Å²) in [6, 6.07) is 0. The van der Waals surface area contributed by atoms with E-state index in [1.165, 1.54) is 0 Å². The third-order valence-corrected chi connectivity index (χ3v) is 0.798. The van der Waals surface area contributed by atoms with Crippen molar-refractivity contribution in [3.8, 4) is 35.5 Å². The lowest BCUT2D eigenvalue weighted by Crippen LogP contribution is -1.72. The van der Waals surface area contributed by atoms with Crippen LogP contribution in [0.15, 0.2) is 0 Å². The summed E-state index contributed by atoms with van der Waals surface area (Å²) in [7, 11) is 2.34. The van der Waals surface area contributed by atoms with Gasteiger partial charge in [-0.25, -0.2) is 0 Å². The van der Waals surface area contributed by atoms with Gasteiger partial charge in [0.1, 0.15) is 5.12 Å². The van der Waals surface area contributed by atoms with Gasteiger partial charge in [0.25, 0.3) is 0 Å². The smallest absolute Gasteiger partial charge is 0.105 e. The highest BCUT2D eigenvalue weighted by Gasteiger charge is 1.80. The van der Waals surface area contributed by atoms with Gasteiger partial charge in [-0.05, 0) is 30.6 Å². The molecule has 2 heteroatoms. The molecule has 0 amide bonds. The SMILES string of the molecule is CC#CC#CC#CC(P)Cl. The Morgan fingerprint density at radius 1 is 1.20 bits per heavy atom. The zero-order chi connectivity index (χ0) is 7.82. The predicted molar refractivity (Wildman–Crippen MR) is 48.4 cm³/mol. The molecule has 0 saturated heterocycles. The Balaban J connectivity index is 3.86. The molecule has 0 aromatic heterocycles. The van der Waals surface area contributed by atoms with E-state index in [4.69, 9.17) is 11.6 Å². The molecular weight excluding hydrogens is 163 g/mol. The van der Waals surface area contributed by atoms with Crippen molar-refractivity contribution in [2.75, 3.05) is 0 Å². The Bertz CT molecular complexity index is 259. The second-order valence-corrected chi connectivity index (χ2v) is 2.86. The quantitative estimate of drug-likeness (QED) is 0.292. The van der Waals surface area contributed by atoms with E-state index in [1.54, 1.807) is 6.92 Å². The minimum atomic E-state index is -0.219. The molecule has 0 aliphatic rings. The molecular formula is C8H6ClP. The van der Waals surface area contributed by atoms with E-state index in [1.807, 2.05) is 0 Å². The van der Waals surface area contributed by atoms with Crippen LogP contribution in [0.1, 0.15) is 6.92 Å². The topological polar surface area (TPSA) is 0 Å². The van der Waals surface area contributed by atoms with Crippen LogP contribution < -0.4 is 0 Å². The standard InChI is InChI=1S/C8H6ClP/c1-2-3-4-5-6-7-8(9)10/h8H,10H2,1H3. The van der Waals surface area contributed by atoms with Gasteiger partial charge in [-0.3, -0.25) is 0 Å². The van der Waals surface area contributed by atoms with Crippen molar-refractivity contribution in [2.45, 2.75) is 12.0 Å². The molecule has 0 radical (unpaired) electrons. The van der Waals surface area contributed by atoms with Crippen molar-refractivity contribution in [3.63, 3.8) is 0 Å². The van der Waals surface area contributed by atoms with Crippen molar-refractivity contribution in [1.82, 2.24) is 0 Å². The van der Waals surface area contributed by atoms with Gasteiger partial charge in [-0.2, -0.15) is 0 Å². The van der Waals surface area contributed by atoms with Crippen LogP contribution in [0.5, 0.6) is 0 Å². The van der Waals surface area contributed by atoms with Gasteiger partial charge in [-0.15, -0.1) is 20.8 Å². The van der Waals surface area contributed by atoms with E-state index >= 15 is 0 Å². The first kappa shape index (κ1) is 9.40. The molecule has 0 rings (SSSR count). The minimum absolute atomic E-state index is 0.219. The minimum Gasteiger partial charge on any atom is -0.105 e. The second-order valence-electron chi connectivity index (χ2n) is 1.30. The number of hydrogen-bond donors (Lipinski definition) is 0. The zero-order valence-corrected chi connectivity index (χ0v) is 7.44. The predicted octanol–water partition coefficient (Wildman–Crippen LogP) is 1.46. The van der Waals surface area contributed by atoms with E-state index in [-0.39, 0.29) is 5.12 Å². The van der Waals surface area contributed by atoms with Crippen LogP contribution >= 0.6 is 20.8 Å². The molecule has 0 aliphatic carbocycles. The fourth-order valence-corrected chi connectivity index (χ4v) is 0.368. The van der Waals surface area contributed by atoms with Gasteiger partial charge in [-0.1, -0.05) is 11.8 Å². The van der Waals surface area contributed by atoms with Crippen molar-refractivity contribution >= 4 is 20.8 Å². The number of halogens is 1. The molecule has 0 aliphatic heterocycles. The second kappa shape index (κ2) is 6.52. The summed E-state index contributed by atoms with van der Waals surface area (Å²) < 4.78 is 0. The van der Waals surface area contributed by atoms with Crippen molar-refractivity contribution < 1.29 is 0 Å². The first-order chi connectivity index (χ1) is 4.77. The molecule has 0 N–H and O–H groups in total. The fraction of sp³-hybridized carbons (Fsp3) is 0.250. The highest BCUT2D eigenvalue weighted by atomic mass is 35.5. The van der Waals surface area contributed by atoms with Gasteiger partial charge in [0.05, 0.1) is 0 Å². The molecule has 0 heterocycles. The van der Waals surface area contributed by atoms with Crippen LogP contribution in [0.4, 0.5) is 0 Å². The summed E-state index contributed by atoms with van der Waals surface area (Å²) in [5.74, 6) is 15.5. The Kier molecular flexibility index (Phi) is 6.13. The molecule has 0 spiro atoms. The molecule has 0 saturated carbocycles. The van der Waals surface area contributed by atoms with Gasteiger partial charge in [0, 0.05) is 0 Å². The maximum absolute atomic E-state index is 5.48. The normalized spacial score (nSPS) is 8.70. The van der Waals surface area contributed by atoms with Gasteiger partial charge >= 0.3 is 0 Å². The lowest BCUT2D eigenvalue weighted by Gasteiger charge is -1.79. The lowest BCUT2D eigenvalue weighted by molar-refractivity contribution is 1.77. The molecule has 2 atom stereocenters. The van der Waals surface area contributed by atoms with Crippen LogP contribution in [0.2, 0.25) is 0 Å². The fourth-order valence-electron chi connectivity index (χ4n) is 0.230. The van der Waals surface area contributed by atoms with Crippen molar-refractivity contribution in [3.05, 3.63) is 0 Å². The van der Waals surface area contributed by atoms with Gasteiger partial charge < -0.3 is 0 Å². The molecule has 0 aromatic rings. The Morgan fingerprint density at radius 2 is 1.80 bits per heavy atom. The first-order valence-electron chi connectivity index (χ1n) is 2.59. The largest absolute Gasteiger partial charge is 0.108 e. The summed E-state index contributed by atoms with van der Waals surface area (Å²) in [5, 5.41) is -0.219. The van der Waals surface area contributed by atoms with Gasteiger partial charge in [0.2, 0.25) is 0 Å². The first-order valence-corrected chi connectivity index (χ1v) is 3.69. The molecule has 10 heavy (non-hydrogen) atoms. The van der Waals surface area contributed by atoms with Crippen LogP contribution in [-0.2, 0) is 0 Å². The third-order valence-electron chi connectivity index (χ3n) is 0.523. The number of alkyl halides is 1. The highest BCUT2D eigenvalue weighted by Crippen LogP contribution is 2.00. The van der Waals surface area contributed by atoms with Crippen molar-refractivity contribution in [2.24, 2.45) is 0 Å². The van der Waals surface area contributed by atoms with E-state index in [9.17, 15) is 0 Å². The van der Waals surface area contributed by atoms with E-state index in [2.05, 4.69) is 44.8 Å². The Hall–Kier alpha value is -0.600. The van der Waals surface area contributed by atoms with E-state index in [0.717, 1.165) is 0 Å². The average molecular weight is 169 g/mol. The summed E-state index contributed by atoms with van der Waals surface area (Å²) in [5.41, 5.74) is 0. The summed E-state index contributed by atoms with van der Waals surface area (Å²) in [6.07, 6.45) is 0. The maximum atomic E-state index is 5.48. The Morgan fingerprint density at radius 3 is 2.30 bits per heavy atom. The van der Waals surface area contributed by atoms with E-state index < -0.39 is 0 Å². The summed E-state index contributed by atoms with van der Waals surface area (Å²) in [4.78, 5) is 0. The monoisotopic (exact) mass is 168 g/mol. The maximum Gasteiger partial charge on any atom is 0.108 e. The average Bonchev–Trinajstić information content (AvgIpc) is 1.87. The highest BCUT2D eigenvalue weighted by molar-refractivity contribution is 7.21. The molecule has 0 bridgehead atoms. The molecule has 0 aromatic carbocycles. The number of rotatable bonds is 0. The third kappa shape index (κ3) is 7.40. The Labute approximate surface area is 68.9 Å². The van der Waals surface area contributed by atoms with Crippen LogP contribution in [0.25, 0.3) is 0 Å². The van der Waals surface area contributed by atoms with Crippen LogP contribution in [0, 0.1) is 35.5 Å². The summed E-state index contributed by atoms with van der Waals surface area (Å²) >= 11 is 5.48. The molecule has 2 unspecified atom stereocenters. The molecule has 0 nitrogen and oxygen atoms in total. The molecule has 50 valence electrons. The zero-order valence-electron chi connectivity index (χ0n) is 5.53. The van der Waals surface area contributed by atoms with Gasteiger partial charge in [0.15, 0.2) is 0 Å².